The molecule has 0 bridgehead atoms. The molecule has 3 heteroatoms. The van der Waals surface area contributed by atoms with Gasteiger partial charge in [0.25, 0.3) is 0 Å². The van der Waals surface area contributed by atoms with Crippen LogP contribution in [0, 0.1) is 11.8 Å². The average molecular weight is 234 g/mol. The second kappa shape index (κ2) is 6.97. The molecule has 0 atom stereocenters. The Bertz CT molecular complexity index is 415. The van der Waals surface area contributed by atoms with Gasteiger partial charge in [0.05, 0.1) is 6.61 Å². The molecule has 0 aliphatic rings. The summed E-state index contributed by atoms with van der Waals surface area (Å²) in [5.41, 5.74) is 2.02. The first-order valence-electron chi connectivity index (χ1n) is 5.10. The van der Waals surface area contributed by atoms with Crippen LogP contribution in [-0.4, -0.2) is 12.6 Å². The van der Waals surface area contributed by atoms with E-state index in [9.17, 15) is 4.79 Å². The van der Waals surface area contributed by atoms with E-state index < -0.39 is 0 Å². The zero-order valence-corrected chi connectivity index (χ0v) is 10.1. The highest BCUT2D eigenvalue weighted by Crippen LogP contribution is 2.06. The number of esters is 1. The second-order valence-corrected chi connectivity index (χ2v) is 3.46. The normalized spacial score (nSPS) is 9.12. The lowest BCUT2D eigenvalue weighted by Gasteiger charge is -1.96. The lowest BCUT2D eigenvalue weighted by atomic mass is 10.1. The lowest BCUT2D eigenvalue weighted by Crippen LogP contribution is -2.01. The number of carbonyl (C=O) groups is 1. The molecule has 1 rings (SSSR count). The fourth-order valence-electron chi connectivity index (χ4n) is 1.18. The number of hydrogen-bond donors (Lipinski definition) is 1. The summed E-state index contributed by atoms with van der Waals surface area (Å²) in [4.78, 5) is 11.0. The highest BCUT2D eigenvalue weighted by Gasteiger charge is 1.96. The highest BCUT2D eigenvalue weighted by atomic mass is 32.1. The lowest BCUT2D eigenvalue weighted by molar-refractivity contribution is -0.141. The number of benzene rings is 1. The first-order chi connectivity index (χ1) is 7.76. The van der Waals surface area contributed by atoms with Gasteiger partial charge in [-0.05, 0) is 24.6 Å². The van der Waals surface area contributed by atoms with Crippen molar-refractivity contribution in [3.05, 3.63) is 35.4 Å². The molecule has 0 spiro atoms. The van der Waals surface area contributed by atoms with Gasteiger partial charge in [0.15, 0.2) is 0 Å². The maximum Gasteiger partial charge on any atom is 0.317 e. The van der Waals surface area contributed by atoms with Gasteiger partial charge in [0.1, 0.15) is 6.42 Å². The summed E-state index contributed by atoms with van der Waals surface area (Å²) in [5.74, 6) is 6.12. The van der Waals surface area contributed by atoms with Gasteiger partial charge in [-0.15, -0.1) is 0 Å². The predicted octanol–water partition coefficient (Wildman–Crippen LogP) is 2.42. The average Bonchev–Trinajstić information content (AvgIpc) is 2.30. The smallest absolute Gasteiger partial charge is 0.317 e. The number of carbonyl (C=O) groups excluding carboxylic acids is 1. The minimum absolute atomic E-state index is 0.138. The van der Waals surface area contributed by atoms with Crippen LogP contribution in [-0.2, 0) is 15.3 Å². The third-order valence-corrected chi connectivity index (χ3v) is 2.25. The Kier molecular flexibility index (Phi) is 5.52. The number of hydrogen-bond acceptors (Lipinski definition) is 3. The first kappa shape index (κ1) is 12.7. The molecule has 0 N–H and O–H groups in total. The largest absolute Gasteiger partial charge is 0.465 e. The van der Waals surface area contributed by atoms with Gasteiger partial charge in [0, 0.05) is 11.3 Å². The van der Waals surface area contributed by atoms with Crippen molar-refractivity contribution in [2.75, 3.05) is 6.61 Å². The van der Waals surface area contributed by atoms with Crippen molar-refractivity contribution >= 4 is 18.6 Å². The van der Waals surface area contributed by atoms with Crippen LogP contribution in [0.15, 0.2) is 24.3 Å². The summed E-state index contributed by atoms with van der Waals surface area (Å²) < 4.78 is 4.77. The molecule has 0 saturated carbocycles. The zero-order chi connectivity index (χ0) is 11.8. The molecule has 1 aromatic carbocycles. The van der Waals surface area contributed by atoms with Gasteiger partial charge in [0.2, 0.25) is 0 Å². The monoisotopic (exact) mass is 234 g/mol. The second-order valence-electron chi connectivity index (χ2n) is 3.14. The van der Waals surface area contributed by atoms with E-state index in [1.54, 1.807) is 6.92 Å². The van der Waals surface area contributed by atoms with Crippen LogP contribution in [0.3, 0.4) is 0 Å². The van der Waals surface area contributed by atoms with Crippen molar-refractivity contribution < 1.29 is 9.53 Å². The molecule has 2 nitrogen and oxygen atoms in total. The maximum absolute atomic E-state index is 11.0. The molecule has 0 aromatic heterocycles. The fourth-order valence-corrected chi connectivity index (χ4v) is 1.37. The summed E-state index contributed by atoms with van der Waals surface area (Å²) in [7, 11) is 0. The third kappa shape index (κ3) is 4.41. The molecule has 0 heterocycles. The van der Waals surface area contributed by atoms with Crippen molar-refractivity contribution in [2.24, 2.45) is 0 Å². The first-order valence-corrected chi connectivity index (χ1v) is 5.73. The maximum atomic E-state index is 11.0. The van der Waals surface area contributed by atoms with E-state index in [1.807, 2.05) is 24.3 Å². The van der Waals surface area contributed by atoms with Crippen LogP contribution in [0.4, 0.5) is 0 Å². The highest BCUT2D eigenvalue weighted by molar-refractivity contribution is 7.79. The summed E-state index contributed by atoms with van der Waals surface area (Å²) >= 11 is 4.19. The molecule has 0 aliphatic carbocycles. The van der Waals surface area contributed by atoms with Crippen LogP contribution in [0.5, 0.6) is 0 Å². The molecular weight excluding hydrogens is 220 g/mol. The zero-order valence-electron chi connectivity index (χ0n) is 9.19. The Morgan fingerprint density at radius 1 is 1.50 bits per heavy atom. The predicted molar refractivity (Wildman–Crippen MR) is 67.3 cm³/mol. The fraction of sp³-hybridized carbons (Fsp3) is 0.308. The van der Waals surface area contributed by atoms with Gasteiger partial charge in [-0.25, -0.2) is 0 Å². The summed E-state index contributed by atoms with van der Waals surface area (Å²) in [6.07, 6.45) is 0.138. The van der Waals surface area contributed by atoms with Crippen LogP contribution < -0.4 is 0 Å². The molecule has 16 heavy (non-hydrogen) atoms. The number of thiol groups is 1. The van der Waals surface area contributed by atoms with Crippen molar-refractivity contribution in [2.45, 2.75) is 19.1 Å². The third-order valence-electron chi connectivity index (χ3n) is 1.88. The number of ether oxygens (including phenoxy) is 1. The Morgan fingerprint density at radius 2 is 2.31 bits per heavy atom. The van der Waals surface area contributed by atoms with E-state index in [0.29, 0.717) is 12.4 Å². The molecular formula is C13H14O2S. The van der Waals surface area contributed by atoms with Gasteiger partial charge < -0.3 is 4.74 Å². The molecule has 0 amide bonds. The van der Waals surface area contributed by atoms with Gasteiger partial charge >= 0.3 is 5.97 Å². The van der Waals surface area contributed by atoms with Crippen molar-refractivity contribution in [3.8, 4) is 11.8 Å². The van der Waals surface area contributed by atoms with Crippen LogP contribution in [0.2, 0.25) is 0 Å². The van der Waals surface area contributed by atoms with E-state index in [1.165, 1.54) is 0 Å². The minimum atomic E-state index is -0.277. The molecule has 0 saturated heterocycles. The van der Waals surface area contributed by atoms with E-state index in [4.69, 9.17) is 4.74 Å². The van der Waals surface area contributed by atoms with Gasteiger partial charge in [-0.3, -0.25) is 4.79 Å². The Morgan fingerprint density at radius 3 is 3.00 bits per heavy atom. The van der Waals surface area contributed by atoms with E-state index in [-0.39, 0.29) is 12.4 Å². The van der Waals surface area contributed by atoms with Crippen LogP contribution in [0.1, 0.15) is 24.5 Å². The van der Waals surface area contributed by atoms with E-state index >= 15 is 0 Å². The molecule has 0 unspecified atom stereocenters. The number of rotatable bonds is 3. The van der Waals surface area contributed by atoms with E-state index in [0.717, 1.165) is 11.1 Å². The minimum Gasteiger partial charge on any atom is -0.465 e. The molecule has 0 aliphatic heterocycles. The summed E-state index contributed by atoms with van der Waals surface area (Å²) in [6, 6.07) is 7.79. The molecule has 1 aromatic rings. The van der Waals surface area contributed by atoms with Crippen molar-refractivity contribution in [3.63, 3.8) is 0 Å². The Balaban J connectivity index is 2.59. The summed E-state index contributed by atoms with van der Waals surface area (Å²) in [5, 5.41) is 0. The van der Waals surface area contributed by atoms with Crippen LogP contribution >= 0.6 is 12.6 Å². The van der Waals surface area contributed by atoms with E-state index in [2.05, 4.69) is 24.5 Å². The van der Waals surface area contributed by atoms with Gasteiger partial charge in [-0.2, -0.15) is 12.6 Å². The standard InChI is InChI=1S/C13H14O2S/c1-2-15-13(14)8-4-6-11-5-3-7-12(9-11)10-16/h3,5,7,9,16H,2,8,10H2,1H3. The molecule has 0 fully saturated rings. The van der Waals surface area contributed by atoms with Crippen LogP contribution in [0.25, 0.3) is 0 Å². The topological polar surface area (TPSA) is 26.3 Å². The van der Waals surface area contributed by atoms with Crippen molar-refractivity contribution in [1.29, 1.82) is 0 Å². The quantitative estimate of drug-likeness (QED) is 0.494. The summed E-state index contributed by atoms with van der Waals surface area (Å²) in [6.45, 7) is 2.18. The molecule has 84 valence electrons. The SMILES string of the molecule is CCOC(=O)CC#Cc1cccc(CS)c1. The Labute approximate surface area is 101 Å². The van der Waals surface area contributed by atoms with Gasteiger partial charge in [-0.1, -0.05) is 24.0 Å². The Hall–Kier alpha value is -1.40. The molecule has 0 radical (unpaired) electrons. The van der Waals surface area contributed by atoms with Crippen molar-refractivity contribution in [1.82, 2.24) is 0 Å².